The fourth-order valence-corrected chi connectivity index (χ4v) is 3.41. The molecule has 1 amide bonds. The van der Waals surface area contributed by atoms with E-state index in [-0.39, 0.29) is 11.3 Å². The molecule has 2 aromatic carbocycles. The van der Waals surface area contributed by atoms with Gasteiger partial charge in [-0.25, -0.2) is 0 Å². The van der Waals surface area contributed by atoms with Crippen LogP contribution in [0.4, 0.5) is 11.4 Å². The third-order valence-electron chi connectivity index (χ3n) is 4.79. The quantitative estimate of drug-likeness (QED) is 0.459. The number of ketones is 1. The first-order valence-corrected chi connectivity index (χ1v) is 8.80. The van der Waals surface area contributed by atoms with Crippen molar-refractivity contribution in [3.63, 3.8) is 0 Å². The van der Waals surface area contributed by atoms with Gasteiger partial charge in [0.15, 0.2) is 11.4 Å². The first kappa shape index (κ1) is 18.7. The summed E-state index contributed by atoms with van der Waals surface area (Å²) in [7, 11) is 0. The molecule has 2 aromatic rings. The van der Waals surface area contributed by atoms with Crippen molar-refractivity contribution >= 4 is 23.1 Å². The maximum Gasteiger partial charge on any atom is 0.280 e. The van der Waals surface area contributed by atoms with Crippen LogP contribution in [0.2, 0.25) is 0 Å². The van der Waals surface area contributed by atoms with Crippen LogP contribution in [-0.4, -0.2) is 28.3 Å². The van der Waals surface area contributed by atoms with Gasteiger partial charge in [0.2, 0.25) is 0 Å². The highest BCUT2D eigenvalue weighted by atomic mass is 16.6. The molecule has 0 bridgehead atoms. The number of carbonyl (C=O) groups excluding carboxylic acids is 2. The van der Waals surface area contributed by atoms with Crippen LogP contribution in [0.25, 0.3) is 0 Å². The zero-order chi connectivity index (χ0) is 19.6. The maximum absolute atomic E-state index is 13.0. The number of benzene rings is 2. The summed E-state index contributed by atoms with van der Waals surface area (Å²) in [5.41, 5.74) is -1.54. The van der Waals surface area contributed by atoms with Crippen molar-refractivity contribution in [1.29, 1.82) is 0 Å². The van der Waals surface area contributed by atoms with Gasteiger partial charge in [-0.15, -0.1) is 0 Å². The van der Waals surface area contributed by atoms with E-state index in [0.29, 0.717) is 17.8 Å². The van der Waals surface area contributed by atoms with Crippen molar-refractivity contribution in [3.8, 4) is 0 Å². The molecule has 1 aliphatic heterocycles. The van der Waals surface area contributed by atoms with E-state index in [2.05, 4.69) is 0 Å². The minimum absolute atomic E-state index is 0.117. The van der Waals surface area contributed by atoms with Crippen LogP contribution in [0.1, 0.15) is 42.1 Å². The number of carbonyl (C=O) groups is 2. The third-order valence-corrected chi connectivity index (χ3v) is 4.79. The van der Waals surface area contributed by atoms with Crippen molar-refractivity contribution in [2.24, 2.45) is 0 Å². The summed E-state index contributed by atoms with van der Waals surface area (Å²) in [6.07, 6.45) is 1.09. The van der Waals surface area contributed by atoms with Gasteiger partial charge >= 0.3 is 0 Å². The summed E-state index contributed by atoms with van der Waals surface area (Å²) in [5.74, 6) is -1.21. The fraction of sp³-hybridized carbons (Fsp3) is 0.300. The summed E-state index contributed by atoms with van der Waals surface area (Å²) in [6.45, 7) is 2.44. The number of aliphatic hydroxyl groups is 1. The largest absolute Gasteiger partial charge is 0.375 e. The van der Waals surface area contributed by atoms with E-state index in [4.69, 9.17) is 0 Å². The lowest BCUT2D eigenvalue weighted by Gasteiger charge is -2.22. The van der Waals surface area contributed by atoms with E-state index in [1.54, 1.807) is 24.3 Å². The van der Waals surface area contributed by atoms with E-state index < -0.39 is 28.6 Å². The maximum atomic E-state index is 13.0. The van der Waals surface area contributed by atoms with Crippen molar-refractivity contribution in [3.05, 3.63) is 69.8 Å². The number of rotatable bonds is 7. The number of unbranched alkanes of at least 4 members (excludes halogenated alkanes) is 1. The zero-order valence-corrected chi connectivity index (χ0v) is 14.9. The van der Waals surface area contributed by atoms with Crippen molar-refractivity contribution < 1.29 is 19.6 Å². The lowest BCUT2D eigenvalue weighted by atomic mass is 9.88. The summed E-state index contributed by atoms with van der Waals surface area (Å²) < 4.78 is 0. The molecular formula is C20H20N2O5. The molecule has 1 atom stereocenters. The number of Topliss-reactive ketones (excluding diaryl/α,β-unsaturated/α-hetero) is 1. The number of nitrogens with zero attached hydrogens (tertiary/aromatic N) is 2. The minimum Gasteiger partial charge on any atom is -0.375 e. The van der Waals surface area contributed by atoms with Crippen LogP contribution in [0.15, 0.2) is 48.5 Å². The molecule has 27 heavy (non-hydrogen) atoms. The molecule has 0 spiro atoms. The van der Waals surface area contributed by atoms with Gasteiger partial charge < -0.3 is 10.0 Å². The molecule has 140 valence electrons. The average molecular weight is 368 g/mol. The Morgan fingerprint density at radius 3 is 2.56 bits per heavy atom. The van der Waals surface area contributed by atoms with Gasteiger partial charge in [0.05, 0.1) is 22.6 Å². The van der Waals surface area contributed by atoms with Gasteiger partial charge in [0.25, 0.3) is 11.6 Å². The monoisotopic (exact) mass is 368 g/mol. The van der Waals surface area contributed by atoms with Gasteiger partial charge in [0, 0.05) is 18.2 Å². The molecule has 0 aromatic heterocycles. The van der Waals surface area contributed by atoms with Crippen LogP contribution >= 0.6 is 0 Å². The van der Waals surface area contributed by atoms with Crippen molar-refractivity contribution in [1.82, 2.24) is 0 Å². The smallest absolute Gasteiger partial charge is 0.280 e. The second-order valence-corrected chi connectivity index (χ2v) is 6.56. The van der Waals surface area contributed by atoms with E-state index >= 15 is 0 Å². The number of nitro benzene ring substituents is 1. The molecule has 0 saturated heterocycles. The molecule has 0 radical (unpaired) electrons. The lowest BCUT2D eigenvalue weighted by Crippen LogP contribution is -2.42. The molecule has 7 heteroatoms. The predicted octanol–water partition coefficient (Wildman–Crippen LogP) is 3.20. The highest BCUT2D eigenvalue weighted by Crippen LogP contribution is 2.43. The lowest BCUT2D eigenvalue weighted by molar-refractivity contribution is -0.385. The molecule has 0 saturated carbocycles. The average Bonchev–Trinajstić information content (AvgIpc) is 2.87. The van der Waals surface area contributed by atoms with E-state index in [0.717, 1.165) is 12.8 Å². The molecule has 0 aliphatic carbocycles. The Bertz CT molecular complexity index is 911. The second-order valence-electron chi connectivity index (χ2n) is 6.56. The molecule has 1 N–H and O–H groups in total. The molecule has 0 fully saturated rings. The van der Waals surface area contributed by atoms with Gasteiger partial charge in [-0.1, -0.05) is 43.7 Å². The van der Waals surface area contributed by atoms with E-state index in [1.165, 1.54) is 29.2 Å². The normalized spacial score (nSPS) is 18.4. The molecule has 7 nitrogen and oxygen atoms in total. The number of anilines is 1. The van der Waals surface area contributed by atoms with E-state index in [9.17, 15) is 24.8 Å². The molecule has 1 aliphatic rings. The molecule has 1 heterocycles. The van der Waals surface area contributed by atoms with Crippen LogP contribution in [-0.2, 0) is 10.4 Å². The number of nitro groups is 1. The number of hydrogen-bond acceptors (Lipinski definition) is 5. The van der Waals surface area contributed by atoms with Gasteiger partial charge in [-0.3, -0.25) is 19.7 Å². The van der Waals surface area contributed by atoms with Crippen molar-refractivity contribution in [2.75, 3.05) is 11.4 Å². The summed E-state index contributed by atoms with van der Waals surface area (Å²) in [4.78, 5) is 37.8. The first-order valence-electron chi connectivity index (χ1n) is 8.80. The zero-order valence-electron chi connectivity index (χ0n) is 14.9. The standard InChI is InChI=1S/C20H20N2O5/c1-2-3-12-21-17-11-7-5-9-15(17)20(25,19(21)24)13-18(23)14-8-4-6-10-16(14)22(26)27/h4-11,25H,2-3,12-13H2,1H3/t20-/m1/s1. The first-order chi connectivity index (χ1) is 12.9. The van der Waals surface area contributed by atoms with E-state index in [1.807, 2.05) is 6.92 Å². The minimum atomic E-state index is -2.02. The topological polar surface area (TPSA) is 101 Å². The Morgan fingerprint density at radius 1 is 1.19 bits per heavy atom. The molecular weight excluding hydrogens is 348 g/mol. The highest BCUT2D eigenvalue weighted by Gasteiger charge is 2.50. The summed E-state index contributed by atoms with van der Waals surface area (Å²) in [5, 5.41) is 22.4. The highest BCUT2D eigenvalue weighted by molar-refractivity contribution is 6.11. The van der Waals surface area contributed by atoms with Gasteiger partial charge in [-0.2, -0.15) is 0 Å². The Kier molecular flexibility index (Phi) is 5.05. The summed E-state index contributed by atoms with van der Waals surface area (Å²) in [6, 6.07) is 12.4. The second kappa shape index (κ2) is 7.28. The Balaban J connectivity index is 1.98. The van der Waals surface area contributed by atoms with Crippen LogP contribution in [0.3, 0.4) is 0 Å². The molecule has 0 unspecified atom stereocenters. The van der Waals surface area contributed by atoms with Gasteiger partial charge in [0.1, 0.15) is 0 Å². The number of para-hydroxylation sites is 2. The number of fused-ring (bicyclic) bond motifs is 1. The Morgan fingerprint density at radius 2 is 1.85 bits per heavy atom. The van der Waals surface area contributed by atoms with Crippen molar-refractivity contribution in [2.45, 2.75) is 31.8 Å². The fourth-order valence-electron chi connectivity index (χ4n) is 3.41. The van der Waals surface area contributed by atoms with Crippen LogP contribution in [0.5, 0.6) is 0 Å². The Labute approximate surface area is 156 Å². The predicted molar refractivity (Wildman–Crippen MR) is 99.6 cm³/mol. The summed E-state index contributed by atoms with van der Waals surface area (Å²) >= 11 is 0. The third kappa shape index (κ3) is 3.21. The van der Waals surface area contributed by atoms with Crippen LogP contribution < -0.4 is 4.90 Å². The number of hydrogen-bond donors (Lipinski definition) is 1. The number of amides is 1. The Hall–Kier alpha value is -3.06. The van der Waals surface area contributed by atoms with Crippen LogP contribution in [0, 0.1) is 10.1 Å². The van der Waals surface area contributed by atoms with Gasteiger partial charge in [-0.05, 0) is 18.6 Å². The SMILES string of the molecule is CCCCN1C(=O)[C@@](O)(CC(=O)c2ccccc2[N+](=O)[O-])c2ccccc21. The molecule has 3 rings (SSSR count).